The first-order valence-corrected chi connectivity index (χ1v) is 8.21. The second-order valence-electron chi connectivity index (χ2n) is 6.06. The fraction of sp³-hybridized carbons (Fsp3) is 0.529. The van der Waals surface area contributed by atoms with Crippen LogP contribution in [0, 0.1) is 6.92 Å². The fourth-order valence-electron chi connectivity index (χ4n) is 3.24. The summed E-state index contributed by atoms with van der Waals surface area (Å²) < 4.78 is 1.94. The van der Waals surface area contributed by atoms with Crippen molar-refractivity contribution >= 4 is 5.91 Å². The minimum atomic E-state index is 0.143. The Bertz CT molecular complexity index is 709. The van der Waals surface area contributed by atoms with Gasteiger partial charge in [0.2, 0.25) is 5.91 Å². The highest BCUT2D eigenvalue weighted by atomic mass is 16.2. The second-order valence-corrected chi connectivity index (χ2v) is 6.06. The van der Waals surface area contributed by atoms with Crippen LogP contribution in [-0.4, -0.2) is 43.6 Å². The zero-order valence-corrected chi connectivity index (χ0v) is 14.0. The molecule has 2 aromatic heterocycles. The Morgan fingerprint density at radius 3 is 2.96 bits per heavy atom. The molecule has 1 aliphatic heterocycles. The number of rotatable bonds is 3. The van der Waals surface area contributed by atoms with Crippen molar-refractivity contribution < 1.29 is 4.79 Å². The molecule has 122 valence electrons. The van der Waals surface area contributed by atoms with Crippen LogP contribution in [0.3, 0.4) is 0 Å². The summed E-state index contributed by atoms with van der Waals surface area (Å²) in [5.74, 6) is 1.19. The molecule has 6 nitrogen and oxygen atoms in total. The van der Waals surface area contributed by atoms with Crippen LogP contribution < -0.4 is 0 Å². The molecular weight excluding hydrogens is 290 g/mol. The van der Waals surface area contributed by atoms with E-state index in [9.17, 15) is 4.79 Å². The summed E-state index contributed by atoms with van der Waals surface area (Å²) in [6, 6.07) is 4.04. The van der Waals surface area contributed by atoms with E-state index in [-0.39, 0.29) is 11.8 Å². The lowest BCUT2D eigenvalue weighted by molar-refractivity contribution is -0.130. The minimum absolute atomic E-state index is 0.143. The van der Waals surface area contributed by atoms with Gasteiger partial charge in [0.25, 0.3) is 0 Å². The molecule has 1 aliphatic rings. The summed E-state index contributed by atoms with van der Waals surface area (Å²) in [7, 11) is 0. The molecule has 3 rings (SSSR count). The number of piperidine rings is 1. The van der Waals surface area contributed by atoms with Gasteiger partial charge in [-0.15, -0.1) is 0 Å². The molecule has 0 unspecified atom stereocenters. The minimum Gasteiger partial charge on any atom is -0.342 e. The van der Waals surface area contributed by atoms with Crippen LogP contribution in [-0.2, 0) is 11.3 Å². The van der Waals surface area contributed by atoms with Gasteiger partial charge >= 0.3 is 0 Å². The van der Waals surface area contributed by atoms with Crippen LogP contribution in [0.25, 0.3) is 11.4 Å². The summed E-state index contributed by atoms with van der Waals surface area (Å²) in [5, 5.41) is 4.32. The quantitative estimate of drug-likeness (QED) is 0.873. The average molecular weight is 313 g/mol. The summed E-state index contributed by atoms with van der Waals surface area (Å²) in [5.41, 5.74) is 2.95. The molecule has 6 heteroatoms. The van der Waals surface area contributed by atoms with Crippen molar-refractivity contribution in [1.29, 1.82) is 0 Å². The number of aryl methyl sites for hydroxylation is 2. The van der Waals surface area contributed by atoms with E-state index in [1.54, 1.807) is 13.1 Å². The number of likely N-dealkylation sites (tertiary alicyclic amines) is 1. The van der Waals surface area contributed by atoms with E-state index in [1.165, 1.54) is 0 Å². The summed E-state index contributed by atoms with van der Waals surface area (Å²) >= 11 is 0. The lowest BCUT2D eigenvalue weighted by Crippen LogP contribution is -2.37. The maximum atomic E-state index is 11.7. The van der Waals surface area contributed by atoms with Gasteiger partial charge in [0.05, 0.1) is 11.4 Å². The van der Waals surface area contributed by atoms with E-state index in [0.717, 1.165) is 55.4 Å². The Morgan fingerprint density at radius 1 is 1.39 bits per heavy atom. The molecular formula is C17H23N5O. The van der Waals surface area contributed by atoms with Crippen LogP contribution in [0.1, 0.15) is 44.1 Å². The predicted molar refractivity (Wildman–Crippen MR) is 87.9 cm³/mol. The molecule has 0 bridgehead atoms. The van der Waals surface area contributed by atoms with E-state index < -0.39 is 0 Å². The lowest BCUT2D eigenvalue weighted by Gasteiger charge is -2.31. The molecule has 0 aromatic carbocycles. The monoisotopic (exact) mass is 313 g/mol. The molecule has 23 heavy (non-hydrogen) atoms. The largest absolute Gasteiger partial charge is 0.342 e. The van der Waals surface area contributed by atoms with Gasteiger partial charge in [-0.25, -0.2) is 9.97 Å². The van der Waals surface area contributed by atoms with E-state index in [4.69, 9.17) is 0 Å². The first-order chi connectivity index (χ1) is 11.1. The van der Waals surface area contributed by atoms with Crippen LogP contribution in [0.2, 0.25) is 0 Å². The van der Waals surface area contributed by atoms with E-state index in [1.807, 2.05) is 22.6 Å². The normalized spacial score (nSPS) is 18.2. The maximum absolute atomic E-state index is 11.7. The molecule has 1 saturated heterocycles. The standard InChI is InChI=1S/C17H23N5O/c1-4-22-17(7-8-18-22)16-10-15(19-12(2)20-16)14-6-5-9-21(11-14)13(3)23/h7-8,10,14H,4-6,9,11H2,1-3H3/t14-/m1/s1. The van der Waals surface area contributed by atoms with Gasteiger partial charge < -0.3 is 4.90 Å². The number of amides is 1. The van der Waals surface area contributed by atoms with Gasteiger partial charge in [-0.3, -0.25) is 9.48 Å². The van der Waals surface area contributed by atoms with E-state index in [0.29, 0.717) is 0 Å². The SMILES string of the molecule is CCn1nccc1-c1cc([C@@H]2CCCN(C(C)=O)C2)nc(C)n1. The number of nitrogens with zero attached hydrogens (tertiary/aromatic N) is 5. The number of aromatic nitrogens is 4. The third kappa shape index (κ3) is 3.25. The Kier molecular flexibility index (Phi) is 4.41. The highest BCUT2D eigenvalue weighted by Crippen LogP contribution is 2.28. The second kappa shape index (κ2) is 6.48. The highest BCUT2D eigenvalue weighted by Gasteiger charge is 2.24. The van der Waals surface area contributed by atoms with Crippen molar-refractivity contribution in [2.24, 2.45) is 0 Å². The first-order valence-electron chi connectivity index (χ1n) is 8.21. The van der Waals surface area contributed by atoms with Gasteiger partial charge in [0, 0.05) is 44.4 Å². The molecule has 0 aliphatic carbocycles. The predicted octanol–water partition coefficient (Wildman–Crippen LogP) is 2.39. The summed E-state index contributed by atoms with van der Waals surface area (Å²) in [6.45, 7) is 8.04. The van der Waals surface area contributed by atoms with Crippen LogP contribution in [0.5, 0.6) is 0 Å². The average Bonchev–Trinajstić information content (AvgIpc) is 3.03. The van der Waals surface area contributed by atoms with Gasteiger partial charge in [0.1, 0.15) is 5.82 Å². The molecule has 2 aromatic rings. The number of carbonyl (C=O) groups excluding carboxylic acids is 1. The van der Waals surface area contributed by atoms with Crippen molar-refractivity contribution in [2.45, 2.75) is 46.1 Å². The van der Waals surface area contributed by atoms with E-state index in [2.05, 4.69) is 28.1 Å². The molecule has 1 amide bonds. The molecule has 0 radical (unpaired) electrons. The zero-order valence-electron chi connectivity index (χ0n) is 14.0. The van der Waals surface area contributed by atoms with Crippen molar-refractivity contribution in [3.8, 4) is 11.4 Å². The van der Waals surface area contributed by atoms with Crippen molar-refractivity contribution in [3.05, 3.63) is 29.8 Å². The van der Waals surface area contributed by atoms with Crippen molar-refractivity contribution in [2.75, 3.05) is 13.1 Å². The summed E-state index contributed by atoms with van der Waals surface area (Å²) in [4.78, 5) is 22.8. The van der Waals surface area contributed by atoms with E-state index >= 15 is 0 Å². The first kappa shape index (κ1) is 15.6. The molecule has 0 N–H and O–H groups in total. The molecule has 1 fully saturated rings. The number of hydrogen-bond acceptors (Lipinski definition) is 4. The molecule has 3 heterocycles. The smallest absolute Gasteiger partial charge is 0.219 e. The third-order valence-electron chi connectivity index (χ3n) is 4.42. The van der Waals surface area contributed by atoms with Crippen molar-refractivity contribution in [3.63, 3.8) is 0 Å². The third-order valence-corrected chi connectivity index (χ3v) is 4.42. The Hall–Kier alpha value is -2.24. The van der Waals surface area contributed by atoms with Gasteiger partial charge in [-0.05, 0) is 38.8 Å². The number of carbonyl (C=O) groups is 1. The van der Waals surface area contributed by atoms with Gasteiger partial charge in [0.15, 0.2) is 0 Å². The molecule has 0 spiro atoms. The maximum Gasteiger partial charge on any atom is 0.219 e. The Balaban J connectivity index is 1.93. The van der Waals surface area contributed by atoms with Crippen LogP contribution in [0.15, 0.2) is 18.3 Å². The Morgan fingerprint density at radius 2 is 2.22 bits per heavy atom. The lowest BCUT2D eigenvalue weighted by atomic mass is 9.94. The Labute approximate surface area is 136 Å². The fourth-order valence-corrected chi connectivity index (χ4v) is 3.24. The van der Waals surface area contributed by atoms with Crippen LogP contribution in [0.4, 0.5) is 0 Å². The van der Waals surface area contributed by atoms with Gasteiger partial charge in [-0.2, -0.15) is 5.10 Å². The zero-order chi connectivity index (χ0) is 16.4. The van der Waals surface area contributed by atoms with Crippen molar-refractivity contribution in [1.82, 2.24) is 24.6 Å². The van der Waals surface area contributed by atoms with Gasteiger partial charge in [-0.1, -0.05) is 0 Å². The summed E-state index contributed by atoms with van der Waals surface area (Å²) in [6.07, 6.45) is 3.89. The van der Waals surface area contributed by atoms with Crippen LogP contribution >= 0.6 is 0 Å². The molecule has 0 saturated carbocycles. The molecule has 1 atom stereocenters. The highest BCUT2D eigenvalue weighted by molar-refractivity contribution is 5.73. The topological polar surface area (TPSA) is 63.9 Å². The number of hydrogen-bond donors (Lipinski definition) is 0.